The molecule has 38 heavy (non-hydrogen) atoms. The van der Waals surface area contributed by atoms with Crippen molar-refractivity contribution in [2.24, 2.45) is 10.7 Å². The molecule has 1 aromatic carbocycles. The number of hydrogen-bond donors (Lipinski definition) is 1. The Morgan fingerprint density at radius 2 is 1.92 bits per heavy atom. The first kappa shape index (κ1) is 25.4. The first-order chi connectivity index (χ1) is 18.6. The Bertz CT molecular complexity index is 1510. The zero-order chi connectivity index (χ0) is 26.5. The molecule has 4 heterocycles. The summed E-state index contributed by atoms with van der Waals surface area (Å²) in [6, 6.07) is 13.0. The summed E-state index contributed by atoms with van der Waals surface area (Å²) in [4.78, 5) is 19.6. The second-order valence-electron chi connectivity index (χ2n) is 8.99. The van der Waals surface area contributed by atoms with Crippen LogP contribution in [0.1, 0.15) is 16.7 Å². The summed E-state index contributed by atoms with van der Waals surface area (Å²) in [7, 11) is 1.69. The van der Waals surface area contributed by atoms with Crippen LogP contribution < -0.4 is 10.6 Å². The van der Waals surface area contributed by atoms with Gasteiger partial charge in [0.2, 0.25) is 0 Å². The van der Waals surface area contributed by atoms with Crippen LogP contribution in [0, 0.1) is 11.3 Å². The molecule has 10 heteroatoms. The van der Waals surface area contributed by atoms with Crippen LogP contribution >= 0.6 is 11.8 Å². The monoisotopic (exact) mass is 523 g/mol. The smallest absolute Gasteiger partial charge is 0.147 e. The van der Waals surface area contributed by atoms with Gasteiger partial charge in [-0.1, -0.05) is 12.1 Å². The zero-order valence-corrected chi connectivity index (χ0v) is 22.3. The van der Waals surface area contributed by atoms with Gasteiger partial charge in [0.25, 0.3) is 0 Å². The summed E-state index contributed by atoms with van der Waals surface area (Å²) >= 11 is 1.76. The molecule has 192 valence electrons. The Morgan fingerprint density at radius 3 is 2.55 bits per heavy atom. The predicted octanol–water partition coefficient (Wildman–Crippen LogP) is 3.71. The zero-order valence-electron chi connectivity index (χ0n) is 21.4. The van der Waals surface area contributed by atoms with E-state index < -0.39 is 0 Å². The van der Waals surface area contributed by atoms with E-state index in [2.05, 4.69) is 56.5 Å². The van der Waals surface area contributed by atoms with Gasteiger partial charge >= 0.3 is 0 Å². The molecule has 5 rings (SSSR count). The van der Waals surface area contributed by atoms with E-state index in [-0.39, 0.29) is 0 Å². The third kappa shape index (κ3) is 5.25. The summed E-state index contributed by atoms with van der Waals surface area (Å²) in [6.45, 7) is 4.65. The van der Waals surface area contributed by atoms with E-state index in [0.717, 1.165) is 55.2 Å². The number of nitrogens with two attached hydrogens (primary N) is 1. The molecular weight excluding hydrogens is 494 g/mol. The second kappa shape index (κ2) is 11.5. The minimum atomic E-state index is 0.471. The maximum absolute atomic E-state index is 9.65. The quantitative estimate of drug-likeness (QED) is 0.288. The van der Waals surface area contributed by atoms with Gasteiger partial charge in [0.15, 0.2) is 0 Å². The van der Waals surface area contributed by atoms with E-state index >= 15 is 0 Å². The fraction of sp³-hybridized carbons (Fsp3) is 0.250. The Kier molecular flexibility index (Phi) is 7.67. The number of aromatic nitrogens is 4. The Labute approximate surface area is 226 Å². The lowest BCUT2D eigenvalue weighted by Gasteiger charge is -2.35. The Morgan fingerprint density at radius 1 is 1.13 bits per heavy atom. The molecular formula is C28H29N9S. The molecule has 1 aliphatic heterocycles. The van der Waals surface area contributed by atoms with Gasteiger partial charge in [0.05, 0.1) is 35.4 Å². The van der Waals surface area contributed by atoms with Crippen molar-refractivity contribution in [2.45, 2.75) is 11.4 Å². The molecule has 4 aromatic rings. The minimum absolute atomic E-state index is 0.471. The number of aliphatic imine (C=N–C) groups is 1. The van der Waals surface area contributed by atoms with Crippen LogP contribution in [0.2, 0.25) is 0 Å². The molecule has 0 bridgehead atoms. The van der Waals surface area contributed by atoms with Gasteiger partial charge in [-0.05, 0) is 30.0 Å². The average Bonchev–Trinajstić information content (AvgIpc) is 3.39. The van der Waals surface area contributed by atoms with Crippen LogP contribution in [0.5, 0.6) is 0 Å². The number of benzene rings is 1. The average molecular weight is 524 g/mol. The molecule has 1 saturated heterocycles. The number of pyridine rings is 1. The van der Waals surface area contributed by atoms with Crippen molar-refractivity contribution in [3.8, 4) is 17.3 Å². The second-order valence-corrected chi connectivity index (χ2v) is 9.87. The molecule has 1 aliphatic rings. The van der Waals surface area contributed by atoms with Gasteiger partial charge < -0.3 is 10.6 Å². The number of hydrogen-bond acceptors (Lipinski definition) is 9. The standard InChI is InChI=1S/C28H29N9S/c1-31-14-22(12-29)21-11-25(28-23(13-30)15-34-37(28)19-21)26-16-33-27(17-32-26)36-9-7-35(8-10-36)18-20-3-5-24(38-2)6-4-20/h3-6,11-12,14-17,19H,7-10,18,29H2,1-2H3. The summed E-state index contributed by atoms with van der Waals surface area (Å²) in [5.74, 6) is 0.847. The first-order valence-electron chi connectivity index (χ1n) is 12.3. The van der Waals surface area contributed by atoms with E-state index in [1.54, 1.807) is 41.9 Å². The van der Waals surface area contributed by atoms with Crippen molar-refractivity contribution in [3.05, 3.63) is 78.0 Å². The summed E-state index contributed by atoms with van der Waals surface area (Å²) in [6.07, 6.45) is 12.3. The number of rotatable bonds is 7. The molecule has 1 fully saturated rings. The predicted molar refractivity (Wildman–Crippen MR) is 153 cm³/mol. The molecule has 3 aromatic heterocycles. The molecule has 0 spiro atoms. The fourth-order valence-corrected chi connectivity index (χ4v) is 5.07. The molecule has 9 nitrogen and oxygen atoms in total. The number of thioether (sulfide) groups is 1. The van der Waals surface area contributed by atoms with Crippen LogP contribution in [0.4, 0.5) is 5.82 Å². The van der Waals surface area contributed by atoms with E-state index in [1.807, 2.05) is 18.5 Å². The van der Waals surface area contributed by atoms with E-state index in [4.69, 9.17) is 15.7 Å². The van der Waals surface area contributed by atoms with Gasteiger partial charge in [-0.3, -0.25) is 14.9 Å². The molecule has 0 saturated carbocycles. The number of allylic oxidation sites excluding steroid dienone is 1. The van der Waals surface area contributed by atoms with Gasteiger partial charge in [0.1, 0.15) is 11.9 Å². The maximum Gasteiger partial charge on any atom is 0.147 e. The van der Waals surface area contributed by atoms with Crippen molar-refractivity contribution >= 4 is 34.9 Å². The Balaban J connectivity index is 1.34. The summed E-state index contributed by atoms with van der Waals surface area (Å²) < 4.78 is 1.68. The number of fused-ring (bicyclic) bond motifs is 1. The third-order valence-electron chi connectivity index (χ3n) is 6.69. The normalized spacial score (nSPS) is 14.9. The lowest BCUT2D eigenvalue weighted by atomic mass is 10.0. The van der Waals surface area contributed by atoms with Crippen molar-refractivity contribution < 1.29 is 0 Å². The number of piperazine rings is 1. The summed E-state index contributed by atoms with van der Waals surface area (Å²) in [5, 5.41) is 14.0. The van der Waals surface area contributed by atoms with Crippen LogP contribution in [0.3, 0.4) is 0 Å². The van der Waals surface area contributed by atoms with Crippen LogP contribution in [-0.4, -0.2) is 70.2 Å². The van der Waals surface area contributed by atoms with E-state index in [9.17, 15) is 5.26 Å². The fourth-order valence-electron chi connectivity index (χ4n) is 4.66. The van der Waals surface area contributed by atoms with Crippen LogP contribution in [0.15, 0.2) is 71.2 Å². The highest BCUT2D eigenvalue weighted by molar-refractivity contribution is 7.98. The topological polar surface area (TPSA) is 112 Å². The van der Waals surface area contributed by atoms with Gasteiger partial charge in [-0.15, -0.1) is 11.8 Å². The highest BCUT2D eigenvalue weighted by atomic mass is 32.2. The van der Waals surface area contributed by atoms with Gasteiger partial charge in [-0.25, -0.2) is 9.50 Å². The molecule has 0 unspecified atom stereocenters. The Hall–Kier alpha value is -4.20. The lowest BCUT2D eigenvalue weighted by molar-refractivity contribution is 0.249. The van der Waals surface area contributed by atoms with Gasteiger partial charge in [-0.2, -0.15) is 10.4 Å². The third-order valence-corrected chi connectivity index (χ3v) is 7.43. The maximum atomic E-state index is 9.65. The number of anilines is 1. The van der Waals surface area contributed by atoms with E-state index in [1.165, 1.54) is 16.7 Å². The SMILES string of the molecule is CN=CC(=CN)c1cc(-c2cnc(N3CCN(Cc4ccc(SC)cc4)CC3)cn2)c2c(C#N)cnn2c1. The van der Waals surface area contributed by atoms with Crippen molar-refractivity contribution in [2.75, 3.05) is 44.4 Å². The highest BCUT2D eigenvalue weighted by Crippen LogP contribution is 2.29. The van der Waals surface area contributed by atoms with Crippen molar-refractivity contribution in [1.82, 2.24) is 24.5 Å². The summed E-state index contributed by atoms with van der Waals surface area (Å²) in [5.41, 5.74) is 11.3. The van der Waals surface area contributed by atoms with Gasteiger partial charge in [0, 0.05) is 80.0 Å². The van der Waals surface area contributed by atoms with Crippen molar-refractivity contribution in [1.29, 1.82) is 5.26 Å². The molecule has 0 aliphatic carbocycles. The van der Waals surface area contributed by atoms with E-state index in [0.29, 0.717) is 16.8 Å². The largest absolute Gasteiger partial charge is 0.404 e. The van der Waals surface area contributed by atoms with Crippen LogP contribution in [0.25, 0.3) is 22.3 Å². The van der Waals surface area contributed by atoms with Crippen molar-refractivity contribution in [3.63, 3.8) is 0 Å². The van der Waals surface area contributed by atoms with Crippen LogP contribution in [-0.2, 0) is 6.54 Å². The molecule has 0 amide bonds. The minimum Gasteiger partial charge on any atom is -0.404 e. The lowest BCUT2D eigenvalue weighted by Crippen LogP contribution is -2.46. The number of nitrogens with zero attached hydrogens (tertiary/aromatic N) is 8. The number of nitriles is 1. The highest BCUT2D eigenvalue weighted by Gasteiger charge is 2.20. The molecule has 0 radical (unpaired) electrons. The first-order valence-corrected chi connectivity index (χ1v) is 13.5. The molecule has 2 N–H and O–H groups in total. The molecule has 0 atom stereocenters.